The summed E-state index contributed by atoms with van der Waals surface area (Å²) in [5, 5.41) is 9.83. The molecule has 2 nitrogen and oxygen atoms in total. The molecule has 1 aliphatic rings. The molecule has 1 aromatic rings. The van der Waals surface area contributed by atoms with E-state index >= 15 is 0 Å². The molecule has 2 heteroatoms. The summed E-state index contributed by atoms with van der Waals surface area (Å²) >= 11 is 0. The van der Waals surface area contributed by atoms with Gasteiger partial charge in [-0.05, 0) is 68.4 Å². The van der Waals surface area contributed by atoms with Gasteiger partial charge in [0.15, 0.2) is 0 Å². The Morgan fingerprint density at radius 3 is 2.45 bits per heavy atom. The maximum atomic E-state index is 9.83. The Morgan fingerprint density at radius 1 is 1.05 bits per heavy atom. The Kier molecular flexibility index (Phi) is 6.75. The van der Waals surface area contributed by atoms with Crippen LogP contribution >= 0.6 is 0 Å². The van der Waals surface area contributed by atoms with Gasteiger partial charge >= 0.3 is 0 Å². The summed E-state index contributed by atoms with van der Waals surface area (Å²) in [6.45, 7) is 8.24. The van der Waals surface area contributed by atoms with E-state index in [1.165, 1.54) is 76.6 Å². The molecule has 1 fully saturated rings. The first kappa shape index (κ1) is 17.3. The Balaban J connectivity index is 1.94. The van der Waals surface area contributed by atoms with Crippen LogP contribution in [0.4, 0.5) is 0 Å². The molecule has 0 radical (unpaired) electrons. The van der Waals surface area contributed by atoms with Gasteiger partial charge in [0.1, 0.15) is 5.75 Å². The first-order valence-corrected chi connectivity index (χ1v) is 9.22. The van der Waals surface area contributed by atoms with Gasteiger partial charge in [-0.3, -0.25) is 0 Å². The number of likely N-dealkylation sites (tertiary alicyclic amines) is 1. The molecule has 124 valence electrons. The van der Waals surface area contributed by atoms with E-state index in [4.69, 9.17) is 0 Å². The fraction of sp³-hybridized carbons (Fsp3) is 0.700. The van der Waals surface area contributed by atoms with Crippen LogP contribution in [0.2, 0.25) is 0 Å². The highest BCUT2D eigenvalue weighted by Gasteiger charge is 2.35. The summed E-state index contributed by atoms with van der Waals surface area (Å²) in [5.74, 6) is 0.412. The summed E-state index contributed by atoms with van der Waals surface area (Å²) < 4.78 is 0. The molecule has 0 saturated carbocycles. The second kappa shape index (κ2) is 8.57. The van der Waals surface area contributed by atoms with Gasteiger partial charge in [0.25, 0.3) is 0 Å². The summed E-state index contributed by atoms with van der Waals surface area (Å²) in [7, 11) is 0. The highest BCUT2D eigenvalue weighted by Crippen LogP contribution is 2.40. The lowest BCUT2D eigenvalue weighted by molar-refractivity contribution is 0.148. The van der Waals surface area contributed by atoms with E-state index in [1.807, 2.05) is 12.1 Å². The third-order valence-electron chi connectivity index (χ3n) is 5.33. The maximum absolute atomic E-state index is 9.83. The zero-order chi connectivity index (χ0) is 15.8. The van der Waals surface area contributed by atoms with Crippen LogP contribution in [0.3, 0.4) is 0 Å². The first-order valence-electron chi connectivity index (χ1n) is 9.22. The molecular formula is C20H33NO. The standard InChI is InChI=1S/C20H33NO/c1-3-5-6-7-14-21-15-12-20(11-4-2,13-16-21)18-9-8-10-19(22)17-18/h8-10,17,22H,3-7,11-16H2,1-2H3. The van der Waals surface area contributed by atoms with Gasteiger partial charge in [-0.1, -0.05) is 51.7 Å². The Morgan fingerprint density at radius 2 is 1.82 bits per heavy atom. The number of aromatic hydroxyl groups is 1. The van der Waals surface area contributed by atoms with Crippen molar-refractivity contribution in [2.24, 2.45) is 0 Å². The van der Waals surface area contributed by atoms with Crippen LogP contribution in [0.5, 0.6) is 5.75 Å². The summed E-state index contributed by atoms with van der Waals surface area (Å²) in [5.41, 5.74) is 1.63. The molecule has 0 unspecified atom stereocenters. The molecular weight excluding hydrogens is 270 g/mol. The largest absolute Gasteiger partial charge is 0.508 e. The second-order valence-electron chi connectivity index (χ2n) is 6.98. The quantitative estimate of drug-likeness (QED) is 0.675. The van der Waals surface area contributed by atoms with E-state index in [2.05, 4.69) is 24.8 Å². The molecule has 0 atom stereocenters. The zero-order valence-corrected chi connectivity index (χ0v) is 14.5. The number of phenolic OH excluding ortho intramolecular Hbond substituents is 1. The van der Waals surface area contributed by atoms with E-state index in [1.54, 1.807) is 6.07 Å². The van der Waals surface area contributed by atoms with Gasteiger partial charge in [0.2, 0.25) is 0 Å². The fourth-order valence-electron chi connectivity index (χ4n) is 3.96. The van der Waals surface area contributed by atoms with Gasteiger partial charge in [0.05, 0.1) is 0 Å². The molecule has 0 aliphatic carbocycles. The third-order valence-corrected chi connectivity index (χ3v) is 5.33. The minimum Gasteiger partial charge on any atom is -0.508 e. The van der Waals surface area contributed by atoms with Crippen molar-refractivity contribution in [3.8, 4) is 5.75 Å². The molecule has 1 N–H and O–H groups in total. The Bertz CT molecular complexity index is 435. The van der Waals surface area contributed by atoms with E-state index in [0.717, 1.165) is 0 Å². The van der Waals surface area contributed by atoms with Gasteiger partial charge in [0, 0.05) is 0 Å². The molecule has 2 rings (SSSR count). The van der Waals surface area contributed by atoms with Crippen LogP contribution in [0.15, 0.2) is 24.3 Å². The predicted octanol–water partition coefficient (Wildman–Crippen LogP) is 5.11. The van der Waals surface area contributed by atoms with Crippen molar-refractivity contribution in [2.75, 3.05) is 19.6 Å². The normalized spacial score (nSPS) is 18.5. The first-order chi connectivity index (χ1) is 10.7. The molecule has 0 amide bonds. The van der Waals surface area contributed by atoms with Crippen molar-refractivity contribution in [1.82, 2.24) is 4.90 Å². The van der Waals surface area contributed by atoms with Gasteiger partial charge in [-0.2, -0.15) is 0 Å². The molecule has 0 spiro atoms. The third kappa shape index (κ3) is 4.49. The van der Waals surface area contributed by atoms with Gasteiger partial charge in [-0.15, -0.1) is 0 Å². The average Bonchev–Trinajstić information content (AvgIpc) is 2.53. The topological polar surface area (TPSA) is 23.5 Å². The average molecular weight is 303 g/mol. The van der Waals surface area contributed by atoms with Crippen molar-refractivity contribution in [3.05, 3.63) is 29.8 Å². The minimum atomic E-state index is 0.285. The van der Waals surface area contributed by atoms with Crippen LogP contribution < -0.4 is 0 Å². The van der Waals surface area contributed by atoms with Crippen molar-refractivity contribution >= 4 is 0 Å². The number of rotatable bonds is 8. The number of phenols is 1. The highest BCUT2D eigenvalue weighted by molar-refractivity contribution is 5.33. The molecule has 0 aromatic heterocycles. The molecule has 1 heterocycles. The Labute approximate surface area is 136 Å². The van der Waals surface area contributed by atoms with Crippen molar-refractivity contribution in [2.45, 2.75) is 70.6 Å². The van der Waals surface area contributed by atoms with E-state index in [9.17, 15) is 5.11 Å². The highest BCUT2D eigenvalue weighted by atomic mass is 16.3. The number of unbranched alkanes of at least 4 members (excludes halogenated alkanes) is 3. The van der Waals surface area contributed by atoms with E-state index in [0.29, 0.717) is 5.75 Å². The number of hydrogen-bond acceptors (Lipinski definition) is 2. The fourth-order valence-corrected chi connectivity index (χ4v) is 3.96. The van der Waals surface area contributed by atoms with Crippen LogP contribution in [-0.2, 0) is 5.41 Å². The second-order valence-corrected chi connectivity index (χ2v) is 6.98. The van der Waals surface area contributed by atoms with Crippen LogP contribution in [0, 0.1) is 0 Å². The van der Waals surface area contributed by atoms with Gasteiger partial charge < -0.3 is 10.0 Å². The van der Waals surface area contributed by atoms with E-state index < -0.39 is 0 Å². The zero-order valence-electron chi connectivity index (χ0n) is 14.5. The molecule has 1 saturated heterocycles. The van der Waals surface area contributed by atoms with Crippen LogP contribution in [-0.4, -0.2) is 29.6 Å². The van der Waals surface area contributed by atoms with Crippen LogP contribution in [0.1, 0.15) is 70.8 Å². The summed E-state index contributed by atoms with van der Waals surface area (Å²) in [6, 6.07) is 7.99. The van der Waals surface area contributed by atoms with Crippen molar-refractivity contribution in [3.63, 3.8) is 0 Å². The van der Waals surface area contributed by atoms with Crippen molar-refractivity contribution < 1.29 is 5.11 Å². The SMILES string of the molecule is CCCCCCN1CCC(CCC)(c2cccc(O)c2)CC1. The summed E-state index contributed by atoms with van der Waals surface area (Å²) in [6.07, 6.45) is 10.3. The Hall–Kier alpha value is -1.02. The maximum Gasteiger partial charge on any atom is 0.115 e. The molecule has 1 aromatic carbocycles. The smallest absolute Gasteiger partial charge is 0.115 e. The lowest BCUT2D eigenvalue weighted by Gasteiger charge is -2.42. The lowest BCUT2D eigenvalue weighted by atomic mass is 9.70. The summed E-state index contributed by atoms with van der Waals surface area (Å²) in [4.78, 5) is 2.65. The van der Waals surface area contributed by atoms with Crippen LogP contribution in [0.25, 0.3) is 0 Å². The lowest BCUT2D eigenvalue weighted by Crippen LogP contribution is -2.42. The van der Waals surface area contributed by atoms with Gasteiger partial charge in [-0.25, -0.2) is 0 Å². The monoisotopic (exact) mass is 303 g/mol. The van der Waals surface area contributed by atoms with Crippen molar-refractivity contribution in [1.29, 1.82) is 0 Å². The molecule has 22 heavy (non-hydrogen) atoms. The number of piperidine rings is 1. The predicted molar refractivity (Wildman–Crippen MR) is 94.5 cm³/mol. The van der Waals surface area contributed by atoms with E-state index in [-0.39, 0.29) is 5.41 Å². The number of benzene rings is 1. The molecule has 1 aliphatic heterocycles. The number of nitrogens with zero attached hydrogens (tertiary/aromatic N) is 1. The minimum absolute atomic E-state index is 0.285. The molecule has 0 bridgehead atoms. The number of hydrogen-bond donors (Lipinski definition) is 1.